The number of nitrogen functional groups attached to an aromatic ring is 1. The summed E-state index contributed by atoms with van der Waals surface area (Å²) >= 11 is 0. The maximum Gasteiger partial charge on any atom is 0.203 e. The first kappa shape index (κ1) is 11.6. The molecule has 0 bridgehead atoms. The minimum absolute atomic E-state index is 0.744. The van der Waals surface area contributed by atoms with E-state index in [-0.39, 0.29) is 0 Å². The minimum Gasteiger partial charge on any atom is -0.399 e. The third-order valence-corrected chi connectivity index (χ3v) is 3.12. The van der Waals surface area contributed by atoms with E-state index in [1.807, 2.05) is 43.4 Å². The third kappa shape index (κ3) is 2.38. The van der Waals surface area contributed by atoms with Crippen molar-refractivity contribution in [2.45, 2.75) is 6.54 Å². The maximum absolute atomic E-state index is 5.77. The average molecular weight is 252 g/mol. The summed E-state index contributed by atoms with van der Waals surface area (Å²) in [7, 11) is 2.02. The molecule has 0 aliphatic carbocycles. The van der Waals surface area contributed by atoms with Crippen LogP contribution in [0, 0.1) is 0 Å². The number of nitrogens with two attached hydrogens (primary N) is 1. The monoisotopic (exact) mass is 252 g/mol. The molecule has 0 radical (unpaired) electrons. The molecule has 0 aliphatic heterocycles. The van der Waals surface area contributed by atoms with Gasteiger partial charge in [0.05, 0.1) is 11.0 Å². The summed E-state index contributed by atoms with van der Waals surface area (Å²) in [6, 6.07) is 16.0. The van der Waals surface area contributed by atoms with Crippen LogP contribution in [0.3, 0.4) is 0 Å². The van der Waals surface area contributed by atoms with Gasteiger partial charge in [-0.3, -0.25) is 0 Å². The molecule has 3 N–H and O–H groups in total. The van der Waals surface area contributed by atoms with Crippen LogP contribution >= 0.6 is 0 Å². The van der Waals surface area contributed by atoms with Crippen molar-refractivity contribution in [3.8, 4) is 0 Å². The summed E-state index contributed by atoms with van der Waals surface area (Å²) in [5, 5.41) is 0. The highest BCUT2D eigenvalue weighted by atomic mass is 15.2. The van der Waals surface area contributed by atoms with Crippen LogP contribution < -0.4 is 10.6 Å². The van der Waals surface area contributed by atoms with Crippen molar-refractivity contribution >= 4 is 22.7 Å². The number of imidazole rings is 1. The van der Waals surface area contributed by atoms with Crippen molar-refractivity contribution < 1.29 is 0 Å². The molecule has 0 aliphatic rings. The van der Waals surface area contributed by atoms with E-state index in [9.17, 15) is 0 Å². The Labute approximate surface area is 111 Å². The van der Waals surface area contributed by atoms with Crippen molar-refractivity contribution in [3.05, 3.63) is 54.1 Å². The number of benzene rings is 2. The molecule has 0 spiro atoms. The number of hydrogen-bond acceptors (Lipinski definition) is 3. The molecule has 0 unspecified atom stereocenters. The standard InChI is InChI=1S/C15H16N4/c1-19(10-11-5-3-2-4-6-11)15-17-13-8-7-12(16)9-14(13)18-15/h2-9H,10,16H2,1H3,(H,17,18). The van der Waals surface area contributed by atoms with Crippen molar-refractivity contribution in [3.63, 3.8) is 0 Å². The Morgan fingerprint density at radius 2 is 1.95 bits per heavy atom. The molecule has 19 heavy (non-hydrogen) atoms. The topological polar surface area (TPSA) is 57.9 Å². The third-order valence-electron chi connectivity index (χ3n) is 3.12. The first-order chi connectivity index (χ1) is 9.22. The van der Waals surface area contributed by atoms with E-state index in [2.05, 4.69) is 27.0 Å². The second kappa shape index (κ2) is 4.65. The molecule has 96 valence electrons. The van der Waals surface area contributed by atoms with Crippen LogP contribution in [0.2, 0.25) is 0 Å². The number of anilines is 2. The van der Waals surface area contributed by atoms with Gasteiger partial charge in [-0.1, -0.05) is 30.3 Å². The van der Waals surface area contributed by atoms with Crippen LogP contribution in [0.15, 0.2) is 48.5 Å². The molecular weight excluding hydrogens is 236 g/mol. The lowest BCUT2D eigenvalue weighted by atomic mass is 10.2. The number of hydrogen-bond donors (Lipinski definition) is 2. The van der Waals surface area contributed by atoms with Gasteiger partial charge in [0.25, 0.3) is 0 Å². The quantitative estimate of drug-likeness (QED) is 0.705. The van der Waals surface area contributed by atoms with Gasteiger partial charge >= 0.3 is 0 Å². The molecule has 3 rings (SSSR count). The van der Waals surface area contributed by atoms with Gasteiger partial charge < -0.3 is 15.6 Å². The van der Waals surface area contributed by atoms with E-state index in [4.69, 9.17) is 5.73 Å². The second-order valence-electron chi connectivity index (χ2n) is 4.68. The molecule has 0 saturated carbocycles. The molecule has 0 fully saturated rings. The fraction of sp³-hybridized carbons (Fsp3) is 0.133. The summed E-state index contributed by atoms with van der Waals surface area (Å²) in [6.45, 7) is 0.816. The highest BCUT2D eigenvalue weighted by Crippen LogP contribution is 2.19. The predicted molar refractivity (Wildman–Crippen MR) is 79.1 cm³/mol. The molecule has 3 aromatic rings. The fourth-order valence-corrected chi connectivity index (χ4v) is 2.13. The lowest BCUT2D eigenvalue weighted by Crippen LogP contribution is -2.17. The number of H-pyrrole nitrogens is 1. The van der Waals surface area contributed by atoms with Gasteiger partial charge in [0.15, 0.2) is 0 Å². The van der Waals surface area contributed by atoms with Gasteiger partial charge in [0.1, 0.15) is 0 Å². The molecular formula is C15H16N4. The Balaban J connectivity index is 1.87. The van der Waals surface area contributed by atoms with Gasteiger partial charge in [-0.25, -0.2) is 4.98 Å². The summed E-state index contributed by atoms with van der Waals surface area (Å²) < 4.78 is 0. The highest BCUT2D eigenvalue weighted by Gasteiger charge is 2.08. The van der Waals surface area contributed by atoms with Crippen molar-refractivity contribution in [1.29, 1.82) is 0 Å². The predicted octanol–water partition coefficient (Wildman–Crippen LogP) is 2.78. The van der Waals surface area contributed by atoms with E-state index in [1.54, 1.807) is 0 Å². The molecule has 1 aromatic heterocycles. The number of aromatic nitrogens is 2. The van der Waals surface area contributed by atoms with Crippen LogP contribution in [0.25, 0.3) is 11.0 Å². The molecule has 0 amide bonds. The van der Waals surface area contributed by atoms with Crippen LogP contribution in [-0.4, -0.2) is 17.0 Å². The highest BCUT2D eigenvalue weighted by molar-refractivity contribution is 5.80. The average Bonchev–Trinajstić information content (AvgIpc) is 2.83. The summed E-state index contributed by atoms with van der Waals surface area (Å²) in [6.07, 6.45) is 0. The number of rotatable bonds is 3. The number of fused-ring (bicyclic) bond motifs is 1. The van der Waals surface area contributed by atoms with E-state index in [0.717, 1.165) is 29.2 Å². The summed E-state index contributed by atoms with van der Waals surface area (Å²) in [5.74, 6) is 0.851. The first-order valence-corrected chi connectivity index (χ1v) is 6.23. The van der Waals surface area contributed by atoms with Gasteiger partial charge in [-0.2, -0.15) is 0 Å². The number of nitrogens with zero attached hydrogens (tertiary/aromatic N) is 2. The lowest BCUT2D eigenvalue weighted by Gasteiger charge is -2.15. The van der Waals surface area contributed by atoms with Gasteiger partial charge in [0, 0.05) is 19.3 Å². The fourth-order valence-electron chi connectivity index (χ4n) is 2.13. The van der Waals surface area contributed by atoms with E-state index >= 15 is 0 Å². The Hall–Kier alpha value is -2.49. The minimum atomic E-state index is 0.744. The lowest BCUT2D eigenvalue weighted by molar-refractivity contribution is 0.885. The van der Waals surface area contributed by atoms with Crippen LogP contribution in [0.4, 0.5) is 11.6 Å². The van der Waals surface area contributed by atoms with E-state index in [1.165, 1.54) is 5.56 Å². The van der Waals surface area contributed by atoms with Crippen molar-refractivity contribution in [1.82, 2.24) is 9.97 Å². The largest absolute Gasteiger partial charge is 0.399 e. The first-order valence-electron chi connectivity index (χ1n) is 6.23. The van der Waals surface area contributed by atoms with E-state index in [0.29, 0.717) is 0 Å². The van der Waals surface area contributed by atoms with Crippen molar-refractivity contribution in [2.75, 3.05) is 17.7 Å². The van der Waals surface area contributed by atoms with Crippen LogP contribution in [0.1, 0.15) is 5.56 Å². The van der Waals surface area contributed by atoms with Crippen LogP contribution in [-0.2, 0) is 6.54 Å². The molecule has 2 aromatic carbocycles. The maximum atomic E-state index is 5.77. The van der Waals surface area contributed by atoms with Gasteiger partial charge in [-0.15, -0.1) is 0 Å². The van der Waals surface area contributed by atoms with Gasteiger partial charge in [-0.05, 0) is 23.8 Å². The molecule has 0 atom stereocenters. The van der Waals surface area contributed by atoms with E-state index < -0.39 is 0 Å². The Bertz CT molecular complexity index is 688. The second-order valence-corrected chi connectivity index (χ2v) is 4.68. The Kier molecular flexibility index (Phi) is 2.83. The summed E-state index contributed by atoms with van der Waals surface area (Å²) in [5.41, 5.74) is 9.67. The zero-order valence-corrected chi connectivity index (χ0v) is 10.8. The molecule has 0 saturated heterocycles. The SMILES string of the molecule is CN(Cc1ccccc1)c1nc2ccc(N)cc2[nH]1. The summed E-state index contributed by atoms with van der Waals surface area (Å²) in [4.78, 5) is 9.94. The van der Waals surface area contributed by atoms with Crippen molar-refractivity contribution in [2.24, 2.45) is 0 Å². The Morgan fingerprint density at radius 1 is 1.16 bits per heavy atom. The van der Waals surface area contributed by atoms with Gasteiger partial charge in [0.2, 0.25) is 5.95 Å². The smallest absolute Gasteiger partial charge is 0.203 e. The normalized spacial score (nSPS) is 10.8. The zero-order valence-electron chi connectivity index (χ0n) is 10.8. The Morgan fingerprint density at radius 3 is 2.74 bits per heavy atom. The number of aromatic amines is 1. The molecule has 4 heteroatoms. The van der Waals surface area contributed by atoms with Crippen LogP contribution in [0.5, 0.6) is 0 Å². The molecule has 1 heterocycles. The molecule has 4 nitrogen and oxygen atoms in total. The number of nitrogens with one attached hydrogen (secondary N) is 1. The zero-order chi connectivity index (χ0) is 13.2.